The van der Waals surface area contributed by atoms with Crippen LogP contribution in [0.2, 0.25) is 0 Å². The molecule has 0 unspecified atom stereocenters. The van der Waals surface area contributed by atoms with Crippen LogP contribution in [-0.4, -0.2) is 10.9 Å². The maximum Gasteiger partial charge on any atom is 0.416 e. The van der Waals surface area contributed by atoms with Crippen LogP contribution in [0.25, 0.3) is 10.9 Å². The van der Waals surface area contributed by atoms with Gasteiger partial charge < -0.3 is 5.32 Å². The van der Waals surface area contributed by atoms with Gasteiger partial charge in [0.25, 0.3) is 0 Å². The molecule has 29 heavy (non-hydrogen) atoms. The van der Waals surface area contributed by atoms with Crippen LogP contribution in [0.15, 0.2) is 54.7 Å². The molecule has 0 aliphatic heterocycles. The molecule has 0 saturated carbocycles. The minimum absolute atomic E-state index is 0.0609. The summed E-state index contributed by atoms with van der Waals surface area (Å²) in [6, 6.07) is 9.93. The van der Waals surface area contributed by atoms with Gasteiger partial charge in [0.05, 0.1) is 22.3 Å². The van der Waals surface area contributed by atoms with Gasteiger partial charge in [-0.2, -0.15) is 26.3 Å². The first kappa shape index (κ1) is 20.6. The summed E-state index contributed by atoms with van der Waals surface area (Å²) in [6.07, 6.45) is -8.88. The average molecular weight is 412 g/mol. The molecule has 0 saturated heterocycles. The Bertz CT molecular complexity index is 1010. The average Bonchev–Trinajstić information content (AvgIpc) is 2.65. The maximum atomic E-state index is 12.9. The summed E-state index contributed by atoms with van der Waals surface area (Å²) in [5, 5.41) is 3.37. The number of hydrogen-bond donors (Lipinski definition) is 1. The zero-order chi connectivity index (χ0) is 21.2. The topological polar surface area (TPSA) is 42.0 Å². The van der Waals surface area contributed by atoms with Crippen molar-refractivity contribution in [1.29, 1.82) is 0 Å². The van der Waals surface area contributed by atoms with E-state index < -0.39 is 29.4 Å². The highest BCUT2D eigenvalue weighted by Crippen LogP contribution is 2.36. The lowest BCUT2D eigenvalue weighted by molar-refractivity contribution is -0.143. The molecule has 0 radical (unpaired) electrons. The highest BCUT2D eigenvalue weighted by molar-refractivity contribution is 6.00. The van der Waals surface area contributed by atoms with Crippen molar-refractivity contribution in [1.82, 2.24) is 4.98 Å². The van der Waals surface area contributed by atoms with E-state index in [4.69, 9.17) is 0 Å². The van der Waals surface area contributed by atoms with Crippen molar-refractivity contribution in [3.63, 3.8) is 0 Å². The molecule has 0 aliphatic carbocycles. The van der Waals surface area contributed by atoms with Crippen molar-refractivity contribution in [2.24, 2.45) is 0 Å². The molecule has 1 N–H and O–H groups in total. The lowest BCUT2D eigenvalue weighted by atomic mass is 10.0. The van der Waals surface area contributed by atoms with E-state index in [9.17, 15) is 31.1 Å². The highest BCUT2D eigenvalue weighted by Gasteiger charge is 2.36. The van der Waals surface area contributed by atoms with Crippen molar-refractivity contribution < 1.29 is 31.1 Å². The van der Waals surface area contributed by atoms with E-state index in [-0.39, 0.29) is 24.5 Å². The number of benzene rings is 2. The fraction of sp³-hybridized carbons (Fsp3) is 0.200. The van der Waals surface area contributed by atoms with Crippen LogP contribution in [0.3, 0.4) is 0 Å². The standard InChI is InChI=1S/C20H14F6N2O/c21-19(22,23)14-9-12(10-15(11-14)20(24,25)26)6-7-17(29)28-16-5-1-3-13-4-2-8-27-18(13)16/h1-5,8-11H,6-7H2,(H,28,29). The number of aryl methyl sites for hydroxylation is 1. The molecule has 0 bridgehead atoms. The molecule has 0 atom stereocenters. The Kier molecular flexibility index (Phi) is 5.50. The van der Waals surface area contributed by atoms with E-state index in [1.807, 2.05) is 0 Å². The Hall–Kier alpha value is -3.10. The first-order valence-corrected chi connectivity index (χ1v) is 8.46. The monoisotopic (exact) mass is 412 g/mol. The number of nitrogens with zero attached hydrogens (tertiary/aromatic N) is 1. The number of pyridine rings is 1. The molecule has 3 nitrogen and oxygen atoms in total. The molecule has 0 aliphatic rings. The van der Waals surface area contributed by atoms with Gasteiger partial charge in [-0.25, -0.2) is 0 Å². The fourth-order valence-electron chi connectivity index (χ4n) is 2.84. The number of rotatable bonds is 4. The number of anilines is 1. The minimum Gasteiger partial charge on any atom is -0.324 e. The zero-order valence-corrected chi connectivity index (χ0v) is 14.7. The molecule has 2 aromatic carbocycles. The molecule has 152 valence electrons. The first-order valence-electron chi connectivity index (χ1n) is 8.46. The Balaban J connectivity index is 1.77. The highest BCUT2D eigenvalue weighted by atomic mass is 19.4. The van der Waals surface area contributed by atoms with Crippen molar-refractivity contribution in [3.8, 4) is 0 Å². The summed E-state index contributed by atoms with van der Waals surface area (Å²) in [5.74, 6) is -0.547. The van der Waals surface area contributed by atoms with Crippen LogP contribution in [0.1, 0.15) is 23.1 Å². The van der Waals surface area contributed by atoms with E-state index in [1.54, 1.807) is 36.5 Å². The molecule has 9 heteroatoms. The molecule has 1 heterocycles. The summed E-state index contributed by atoms with van der Waals surface area (Å²) in [5.41, 5.74) is -2.09. The number of aromatic nitrogens is 1. The number of carbonyl (C=O) groups is 1. The van der Waals surface area contributed by atoms with Gasteiger partial charge in [0.2, 0.25) is 5.91 Å². The second-order valence-electron chi connectivity index (χ2n) is 6.34. The van der Waals surface area contributed by atoms with Crippen molar-refractivity contribution in [2.45, 2.75) is 25.2 Å². The van der Waals surface area contributed by atoms with Gasteiger partial charge in [-0.15, -0.1) is 0 Å². The predicted octanol–water partition coefficient (Wildman–Crippen LogP) is 5.84. The van der Waals surface area contributed by atoms with Crippen molar-refractivity contribution >= 4 is 22.5 Å². The van der Waals surface area contributed by atoms with Gasteiger partial charge in [0, 0.05) is 18.0 Å². The van der Waals surface area contributed by atoms with Crippen LogP contribution in [0.4, 0.5) is 32.0 Å². The maximum absolute atomic E-state index is 12.9. The number of fused-ring (bicyclic) bond motifs is 1. The minimum atomic E-state index is -4.92. The number of halogens is 6. The van der Waals surface area contributed by atoms with E-state index in [0.29, 0.717) is 23.3 Å². The third-order valence-electron chi connectivity index (χ3n) is 4.19. The summed E-state index contributed by atoms with van der Waals surface area (Å²) in [4.78, 5) is 16.4. The zero-order valence-electron chi connectivity index (χ0n) is 14.7. The number of nitrogens with one attached hydrogen (secondary N) is 1. The molecule has 1 amide bonds. The van der Waals surface area contributed by atoms with Gasteiger partial charge in [0.15, 0.2) is 0 Å². The molecule has 3 aromatic rings. The van der Waals surface area contributed by atoms with Gasteiger partial charge in [-0.3, -0.25) is 9.78 Å². The molecule has 0 spiro atoms. The number of hydrogen-bond acceptors (Lipinski definition) is 2. The smallest absolute Gasteiger partial charge is 0.324 e. The quantitative estimate of drug-likeness (QED) is 0.547. The van der Waals surface area contributed by atoms with Crippen LogP contribution in [0.5, 0.6) is 0 Å². The largest absolute Gasteiger partial charge is 0.416 e. The predicted molar refractivity (Wildman–Crippen MR) is 95.1 cm³/mol. The number of alkyl halides is 6. The van der Waals surface area contributed by atoms with Crippen molar-refractivity contribution in [2.75, 3.05) is 5.32 Å². The van der Waals surface area contributed by atoms with Gasteiger partial charge in [-0.1, -0.05) is 18.2 Å². The van der Waals surface area contributed by atoms with Crippen molar-refractivity contribution in [3.05, 3.63) is 71.4 Å². The van der Waals surface area contributed by atoms with E-state index in [0.717, 1.165) is 5.39 Å². The third kappa shape index (κ3) is 5.04. The Morgan fingerprint density at radius 2 is 1.52 bits per heavy atom. The van der Waals surface area contributed by atoms with E-state index in [1.165, 1.54) is 0 Å². The summed E-state index contributed by atoms with van der Waals surface area (Å²) < 4.78 is 77.5. The lowest BCUT2D eigenvalue weighted by Crippen LogP contribution is -2.14. The molecular formula is C20H14F6N2O. The third-order valence-corrected chi connectivity index (χ3v) is 4.19. The molecule has 1 aromatic heterocycles. The summed E-state index contributed by atoms with van der Waals surface area (Å²) in [6.45, 7) is 0. The molecule has 0 fully saturated rings. The molecular weight excluding hydrogens is 398 g/mol. The van der Waals surface area contributed by atoms with Crippen LogP contribution in [0, 0.1) is 0 Å². The normalized spacial score (nSPS) is 12.2. The van der Waals surface area contributed by atoms with E-state index >= 15 is 0 Å². The van der Waals surface area contributed by atoms with Gasteiger partial charge in [-0.05, 0) is 42.3 Å². The number of carbonyl (C=O) groups excluding carboxylic acids is 1. The Morgan fingerprint density at radius 3 is 2.14 bits per heavy atom. The van der Waals surface area contributed by atoms with Gasteiger partial charge in [0.1, 0.15) is 0 Å². The second-order valence-corrected chi connectivity index (χ2v) is 6.34. The first-order chi connectivity index (χ1) is 13.5. The fourth-order valence-corrected chi connectivity index (χ4v) is 2.84. The summed E-state index contributed by atoms with van der Waals surface area (Å²) >= 11 is 0. The van der Waals surface area contributed by atoms with Crippen LogP contribution in [-0.2, 0) is 23.6 Å². The number of amides is 1. The SMILES string of the molecule is O=C(CCc1cc(C(F)(F)F)cc(C(F)(F)F)c1)Nc1cccc2cccnc12. The van der Waals surface area contributed by atoms with E-state index in [2.05, 4.69) is 10.3 Å². The number of para-hydroxylation sites is 1. The van der Waals surface area contributed by atoms with Crippen LogP contribution >= 0.6 is 0 Å². The summed E-state index contributed by atoms with van der Waals surface area (Å²) in [7, 11) is 0. The second kappa shape index (κ2) is 7.73. The Morgan fingerprint density at radius 1 is 0.897 bits per heavy atom. The lowest BCUT2D eigenvalue weighted by Gasteiger charge is -2.14. The van der Waals surface area contributed by atoms with Crippen LogP contribution < -0.4 is 5.32 Å². The molecule has 3 rings (SSSR count). The van der Waals surface area contributed by atoms with Gasteiger partial charge >= 0.3 is 12.4 Å². The Labute approximate surface area is 161 Å².